The first-order valence-electron chi connectivity index (χ1n) is 5.76. The molecule has 0 aliphatic rings. The van der Waals surface area contributed by atoms with Crippen molar-refractivity contribution in [3.8, 4) is 0 Å². The number of rotatable bonds is 4. The number of aryl methyl sites for hydroxylation is 1. The van der Waals surface area contributed by atoms with Crippen LogP contribution < -0.4 is 11.1 Å². The average Bonchev–Trinajstić information content (AvgIpc) is 2.74. The Kier molecular flexibility index (Phi) is 4.06. The highest BCUT2D eigenvalue weighted by Gasteiger charge is 2.16. The molecular weight excluding hydrogens is 262 g/mol. The molecule has 2 aromatic rings. The summed E-state index contributed by atoms with van der Waals surface area (Å²) < 4.78 is 0. The maximum Gasteiger partial charge on any atom is 0.237 e. The highest BCUT2D eigenvalue weighted by molar-refractivity contribution is 8.00. The van der Waals surface area contributed by atoms with Gasteiger partial charge in [-0.05, 0) is 31.5 Å². The van der Waals surface area contributed by atoms with E-state index in [0.717, 1.165) is 11.3 Å². The molecule has 1 amide bonds. The van der Waals surface area contributed by atoms with Crippen LogP contribution in [0.5, 0.6) is 0 Å². The van der Waals surface area contributed by atoms with Crippen molar-refractivity contribution in [3.63, 3.8) is 0 Å². The van der Waals surface area contributed by atoms with Gasteiger partial charge in [-0.3, -0.25) is 4.79 Å². The van der Waals surface area contributed by atoms with Gasteiger partial charge in [-0.15, -0.1) is 5.10 Å². The zero-order valence-electron chi connectivity index (χ0n) is 10.7. The molecule has 0 unspecified atom stereocenters. The molecule has 0 radical (unpaired) electrons. The topological polar surface area (TPSA) is 96.7 Å². The van der Waals surface area contributed by atoms with Crippen molar-refractivity contribution in [2.75, 3.05) is 11.1 Å². The zero-order chi connectivity index (χ0) is 13.8. The Hall–Kier alpha value is -2.02. The molecule has 0 fully saturated rings. The smallest absolute Gasteiger partial charge is 0.237 e. The van der Waals surface area contributed by atoms with Crippen molar-refractivity contribution in [1.82, 2.24) is 15.2 Å². The van der Waals surface area contributed by atoms with Gasteiger partial charge in [0.05, 0.1) is 5.25 Å². The van der Waals surface area contributed by atoms with Crippen LogP contribution in [0, 0.1) is 6.92 Å². The molecule has 7 heteroatoms. The van der Waals surface area contributed by atoms with E-state index in [9.17, 15) is 4.79 Å². The van der Waals surface area contributed by atoms with E-state index in [4.69, 9.17) is 5.73 Å². The number of nitrogens with zero attached hydrogens (tertiary/aromatic N) is 2. The minimum atomic E-state index is -0.310. The number of carbonyl (C=O) groups excluding carboxylic acids is 1. The summed E-state index contributed by atoms with van der Waals surface area (Å²) in [5, 5.41) is 9.42. The minimum Gasteiger partial charge on any atom is -0.368 e. The van der Waals surface area contributed by atoms with Crippen molar-refractivity contribution in [1.29, 1.82) is 0 Å². The van der Waals surface area contributed by atoms with Crippen LogP contribution in [0.2, 0.25) is 0 Å². The monoisotopic (exact) mass is 277 g/mol. The van der Waals surface area contributed by atoms with Gasteiger partial charge in [-0.25, -0.2) is 5.10 Å². The summed E-state index contributed by atoms with van der Waals surface area (Å²) in [5.41, 5.74) is 7.31. The largest absolute Gasteiger partial charge is 0.368 e. The maximum atomic E-state index is 12.0. The molecule has 1 aromatic heterocycles. The van der Waals surface area contributed by atoms with Crippen LogP contribution in [-0.4, -0.2) is 26.3 Å². The van der Waals surface area contributed by atoms with Crippen molar-refractivity contribution in [2.24, 2.45) is 0 Å². The van der Waals surface area contributed by atoms with E-state index < -0.39 is 0 Å². The predicted molar refractivity (Wildman–Crippen MR) is 75.9 cm³/mol. The summed E-state index contributed by atoms with van der Waals surface area (Å²) in [5.74, 6) is 0.146. The summed E-state index contributed by atoms with van der Waals surface area (Å²) >= 11 is 1.25. The Bertz CT molecular complexity index is 583. The zero-order valence-corrected chi connectivity index (χ0v) is 11.5. The number of aromatic nitrogens is 3. The number of aromatic amines is 1. The van der Waals surface area contributed by atoms with Gasteiger partial charge in [0, 0.05) is 5.69 Å². The number of benzene rings is 1. The molecule has 1 heterocycles. The molecule has 2 rings (SSSR count). The van der Waals surface area contributed by atoms with E-state index in [1.165, 1.54) is 11.8 Å². The molecule has 0 saturated heterocycles. The molecular formula is C12H15N5OS. The molecule has 19 heavy (non-hydrogen) atoms. The van der Waals surface area contributed by atoms with Gasteiger partial charge in [0.25, 0.3) is 0 Å². The van der Waals surface area contributed by atoms with Crippen molar-refractivity contribution >= 4 is 29.3 Å². The third kappa shape index (κ3) is 3.72. The van der Waals surface area contributed by atoms with E-state index >= 15 is 0 Å². The first-order chi connectivity index (χ1) is 9.04. The van der Waals surface area contributed by atoms with Crippen LogP contribution in [0.4, 0.5) is 11.6 Å². The second kappa shape index (κ2) is 5.75. The highest BCUT2D eigenvalue weighted by Crippen LogP contribution is 2.21. The second-order valence-electron chi connectivity index (χ2n) is 4.12. The average molecular weight is 277 g/mol. The van der Waals surface area contributed by atoms with Crippen LogP contribution in [0.25, 0.3) is 0 Å². The molecule has 0 aliphatic heterocycles. The summed E-state index contributed by atoms with van der Waals surface area (Å²) in [7, 11) is 0. The second-order valence-corrected chi connectivity index (χ2v) is 5.43. The van der Waals surface area contributed by atoms with E-state index in [1.54, 1.807) is 6.92 Å². The lowest BCUT2D eigenvalue weighted by atomic mass is 10.2. The quantitative estimate of drug-likeness (QED) is 0.741. The summed E-state index contributed by atoms with van der Waals surface area (Å²) in [6.45, 7) is 3.77. The first kappa shape index (κ1) is 13.4. The first-order valence-corrected chi connectivity index (χ1v) is 6.64. The van der Waals surface area contributed by atoms with Gasteiger partial charge >= 0.3 is 0 Å². The van der Waals surface area contributed by atoms with Gasteiger partial charge in [-0.1, -0.05) is 23.9 Å². The Morgan fingerprint density at radius 2 is 2.32 bits per heavy atom. The molecule has 0 aliphatic carbocycles. The molecule has 0 saturated carbocycles. The van der Waals surface area contributed by atoms with E-state index in [1.807, 2.05) is 31.2 Å². The molecule has 4 N–H and O–H groups in total. The number of hydrogen-bond donors (Lipinski definition) is 3. The Balaban J connectivity index is 1.96. The summed E-state index contributed by atoms with van der Waals surface area (Å²) in [6.07, 6.45) is 0. The van der Waals surface area contributed by atoms with Crippen molar-refractivity contribution in [2.45, 2.75) is 24.3 Å². The Morgan fingerprint density at radius 3 is 2.95 bits per heavy atom. The number of nitrogen functional groups attached to an aromatic ring is 1. The molecule has 6 nitrogen and oxygen atoms in total. The number of hydrogen-bond acceptors (Lipinski definition) is 5. The molecule has 100 valence electrons. The number of anilines is 2. The van der Waals surface area contributed by atoms with Crippen LogP contribution in [0.1, 0.15) is 12.5 Å². The van der Waals surface area contributed by atoms with Crippen LogP contribution in [0.15, 0.2) is 29.4 Å². The van der Waals surface area contributed by atoms with Crippen LogP contribution in [-0.2, 0) is 4.79 Å². The maximum absolute atomic E-state index is 12.0. The minimum absolute atomic E-state index is 0.0982. The van der Waals surface area contributed by atoms with Gasteiger partial charge in [0.2, 0.25) is 17.0 Å². The Morgan fingerprint density at radius 1 is 1.53 bits per heavy atom. The van der Waals surface area contributed by atoms with E-state index in [0.29, 0.717) is 5.16 Å². The van der Waals surface area contributed by atoms with Gasteiger partial charge in [0.1, 0.15) is 0 Å². The van der Waals surface area contributed by atoms with E-state index in [-0.39, 0.29) is 17.1 Å². The number of thioether (sulfide) groups is 1. The lowest BCUT2D eigenvalue weighted by molar-refractivity contribution is -0.115. The van der Waals surface area contributed by atoms with Crippen molar-refractivity contribution < 1.29 is 4.79 Å². The molecule has 0 bridgehead atoms. The standard InChI is InChI=1S/C12H15N5OS/c1-7-4-3-5-9(6-7)14-10(18)8(2)19-12-15-11(13)16-17-12/h3-6,8H,1-2H3,(H,14,18)(H3,13,15,16,17)/t8-/m1/s1. The highest BCUT2D eigenvalue weighted by atomic mass is 32.2. The third-order valence-electron chi connectivity index (χ3n) is 2.42. The lowest BCUT2D eigenvalue weighted by Gasteiger charge is -2.10. The lowest BCUT2D eigenvalue weighted by Crippen LogP contribution is -2.22. The van der Waals surface area contributed by atoms with E-state index in [2.05, 4.69) is 20.5 Å². The number of amides is 1. The number of H-pyrrole nitrogens is 1. The fraction of sp³-hybridized carbons (Fsp3) is 0.250. The number of nitrogens with one attached hydrogen (secondary N) is 2. The van der Waals surface area contributed by atoms with Crippen LogP contribution >= 0.6 is 11.8 Å². The number of carbonyl (C=O) groups is 1. The predicted octanol–water partition coefficient (Wildman–Crippen LogP) is 1.81. The SMILES string of the molecule is Cc1cccc(NC(=O)[C@@H](C)Sc2n[nH]c(N)n2)c1. The molecule has 0 spiro atoms. The van der Waals surface area contributed by atoms with Gasteiger partial charge in [0.15, 0.2) is 0 Å². The van der Waals surface area contributed by atoms with Gasteiger partial charge < -0.3 is 11.1 Å². The van der Waals surface area contributed by atoms with Crippen molar-refractivity contribution in [3.05, 3.63) is 29.8 Å². The summed E-state index contributed by atoms with van der Waals surface area (Å²) in [4.78, 5) is 16.0. The summed E-state index contributed by atoms with van der Waals surface area (Å²) in [6, 6.07) is 7.65. The molecule has 1 aromatic carbocycles. The fourth-order valence-electron chi connectivity index (χ4n) is 1.49. The van der Waals surface area contributed by atoms with Crippen LogP contribution in [0.3, 0.4) is 0 Å². The number of nitrogens with two attached hydrogens (primary N) is 1. The Labute approximate surface area is 115 Å². The fourth-order valence-corrected chi connectivity index (χ4v) is 2.22. The third-order valence-corrected chi connectivity index (χ3v) is 3.38. The normalized spacial score (nSPS) is 12.1. The molecule has 1 atom stereocenters. The van der Waals surface area contributed by atoms with Gasteiger partial charge in [-0.2, -0.15) is 4.98 Å².